The molecule has 0 heterocycles. The number of nitrogens with one attached hydrogen (secondary N) is 3. The topological polar surface area (TPSA) is 93.2 Å². The Morgan fingerprint density at radius 2 is 1.68 bits per heavy atom. The van der Waals surface area contributed by atoms with Crippen LogP contribution in [0.5, 0.6) is 17.2 Å². The number of guanidine groups is 1. The van der Waals surface area contributed by atoms with Gasteiger partial charge >= 0.3 is 0 Å². The van der Waals surface area contributed by atoms with E-state index in [2.05, 4.69) is 20.9 Å². The van der Waals surface area contributed by atoms with E-state index in [0.29, 0.717) is 48.8 Å². The number of halogens is 1. The number of benzene rings is 1. The van der Waals surface area contributed by atoms with Crippen molar-refractivity contribution in [1.82, 2.24) is 16.0 Å². The van der Waals surface area contributed by atoms with Crippen LogP contribution in [0.2, 0.25) is 0 Å². The maximum atomic E-state index is 12.2. The molecule has 1 amide bonds. The number of carbonyl (C=O) groups excluding carboxylic acids is 1. The lowest BCUT2D eigenvalue weighted by atomic mass is 9.95. The minimum atomic E-state index is 0. The zero-order chi connectivity index (χ0) is 21.8. The molecular formula is C22H37IN4O4. The first-order valence-corrected chi connectivity index (χ1v) is 10.7. The van der Waals surface area contributed by atoms with Gasteiger partial charge in [-0.25, -0.2) is 4.99 Å². The van der Waals surface area contributed by atoms with Gasteiger partial charge in [-0.3, -0.25) is 4.79 Å². The number of amides is 1. The van der Waals surface area contributed by atoms with Crippen LogP contribution in [0.15, 0.2) is 17.1 Å². The Bertz CT molecular complexity index is 684. The van der Waals surface area contributed by atoms with Crippen LogP contribution in [0.3, 0.4) is 0 Å². The molecule has 0 spiro atoms. The molecule has 0 saturated heterocycles. The van der Waals surface area contributed by atoms with Gasteiger partial charge in [-0.05, 0) is 37.5 Å². The zero-order valence-corrected chi connectivity index (χ0v) is 21.4. The first-order valence-electron chi connectivity index (χ1n) is 10.7. The van der Waals surface area contributed by atoms with Gasteiger partial charge in [-0.15, -0.1) is 24.0 Å². The molecule has 3 N–H and O–H groups in total. The van der Waals surface area contributed by atoms with E-state index < -0.39 is 0 Å². The average Bonchev–Trinajstić information content (AvgIpc) is 2.77. The molecule has 0 unspecified atom stereocenters. The predicted octanol–water partition coefficient (Wildman–Crippen LogP) is 3.22. The summed E-state index contributed by atoms with van der Waals surface area (Å²) in [4.78, 5) is 16.8. The highest BCUT2D eigenvalue weighted by Crippen LogP contribution is 2.38. The number of ether oxygens (including phenoxy) is 3. The molecule has 8 nitrogen and oxygen atoms in total. The summed E-state index contributed by atoms with van der Waals surface area (Å²) < 4.78 is 16.2. The highest BCUT2D eigenvalue weighted by molar-refractivity contribution is 14.0. The molecule has 1 aliphatic carbocycles. The number of methoxy groups -OCH3 is 3. The van der Waals surface area contributed by atoms with Crippen molar-refractivity contribution in [2.24, 2.45) is 4.99 Å². The van der Waals surface area contributed by atoms with E-state index in [9.17, 15) is 4.79 Å². The predicted molar refractivity (Wildman–Crippen MR) is 134 cm³/mol. The van der Waals surface area contributed by atoms with Gasteiger partial charge in [0.25, 0.3) is 0 Å². The molecule has 1 aromatic rings. The van der Waals surface area contributed by atoms with Crippen molar-refractivity contribution in [2.75, 3.05) is 34.4 Å². The number of hydrogen-bond donors (Lipinski definition) is 3. The van der Waals surface area contributed by atoms with Crippen LogP contribution in [0.4, 0.5) is 0 Å². The molecule has 31 heavy (non-hydrogen) atoms. The third kappa shape index (κ3) is 9.00. The molecular weight excluding hydrogens is 511 g/mol. The smallest absolute Gasteiger partial charge is 0.221 e. The monoisotopic (exact) mass is 548 g/mol. The average molecular weight is 548 g/mol. The van der Waals surface area contributed by atoms with E-state index in [-0.39, 0.29) is 29.9 Å². The Balaban J connectivity index is 0.00000480. The molecule has 1 aliphatic rings. The van der Waals surface area contributed by atoms with Gasteiger partial charge in [0.15, 0.2) is 17.5 Å². The Hall–Kier alpha value is -1.91. The standard InChI is InChI=1S/C22H36N4O4.HI/c1-5-23-22(24-12-11-20(27)26-17-9-7-6-8-10-17)25-15-16-13-18(28-2)21(30-4)19(14-16)29-3;/h13-14,17H,5-12,15H2,1-4H3,(H,26,27)(H2,23,24,25);1H. The summed E-state index contributed by atoms with van der Waals surface area (Å²) in [5.41, 5.74) is 0.928. The summed E-state index contributed by atoms with van der Waals surface area (Å²) in [5.74, 6) is 2.51. The summed E-state index contributed by atoms with van der Waals surface area (Å²) in [5, 5.41) is 9.58. The lowest BCUT2D eigenvalue weighted by molar-refractivity contribution is -0.121. The van der Waals surface area contributed by atoms with Crippen LogP contribution in [0, 0.1) is 0 Å². The van der Waals surface area contributed by atoms with Crippen LogP contribution < -0.4 is 30.2 Å². The first-order chi connectivity index (χ1) is 14.6. The lowest BCUT2D eigenvalue weighted by Gasteiger charge is -2.22. The van der Waals surface area contributed by atoms with Gasteiger partial charge in [0, 0.05) is 25.6 Å². The second-order valence-electron chi connectivity index (χ2n) is 7.31. The number of hydrogen-bond acceptors (Lipinski definition) is 5. The van der Waals surface area contributed by atoms with E-state index in [1.165, 1.54) is 19.3 Å². The fourth-order valence-electron chi connectivity index (χ4n) is 3.58. The van der Waals surface area contributed by atoms with Gasteiger partial charge in [-0.2, -0.15) is 0 Å². The normalized spacial score (nSPS) is 14.3. The summed E-state index contributed by atoms with van der Waals surface area (Å²) in [7, 11) is 4.76. The van der Waals surface area contributed by atoms with E-state index >= 15 is 0 Å². The van der Waals surface area contributed by atoms with E-state index in [1.54, 1.807) is 21.3 Å². The minimum Gasteiger partial charge on any atom is -0.493 e. The Kier molecular flexibility index (Phi) is 13.1. The first kappa shape index (κ1) is 27.1. The van der Waals surface area contributed by atoms with Crippen LogP contribution in [-0.4, -0.2) is 52.3 Å². The van der Waals surface area contributed by atoms with Crippen molar-refractivity contribution < 1.29 is 19.0 Å². The molecule has 1 saturated carbocycles. The third-order valence-corrected chi connectivity index (χ3v) is 5.10. The second kappa shape index (κ2) is 15.0. The van der Waals surface area contributed by atoms with Crippen LogP contribution in [0.1, 0.15) is 51.0 Å². The summed E-state index contributed by atoms with van der Waals surface area (Å²) in [6.45, 7) is 3.70. The summed E-state index contributed by atoms with van der Waals surface area (Å²) in [6.07, 6.45) is 6.31. The Labute approximate surface area is 202 Å². The molecule has 1 aromatic carbocycles. The SMILES string of the molecule is CCNC(=NCc1cc(OC)c(OC)c(OC)c1)NCCC(=O)NC1CCCCC1.I. The van der Waals surface area contributed by atoms with Crippen molar-refractivity contribution in [3.8, 4) is 17.2 Å². The number of aliphatic imine (C=N–C) groups is 1. The van der Waals surface area contributed by atoms with Crippen molar-refractivity contribution in [1.29, 1.82) is 0 Å². The van der Waals surface area contributed by atoms with Crippen LogP contribution in [0.25, 0.3) is 0 Å². The van der Waals surface area contributed by atoms with Crippen molar-refractivity contribution >= 4 is 35.8 Å². The van der Waals surface area contributed by atoms with E-state index in [1.807, 2.05) is 19.1 Å². The van der Waals surface area contributed by atoms with E-state index in [4.69, 9.17) is 14.2 Å². The summed E-state index contributed by atoms with van der Waals surface area (Å²) in [6, 6.07) is 4.10. The Morgan fingerprint density at radius 3 is 2.23 bits per heavy atom. The zero-order valence-electron chi connectivity index (χ0n) is 19.1. The molecule has 0 aromatic heterocycles. The fourth-order valence-corrected chi connectivity index (χ4v) is 3.58. The van der Waals surface area contributed by atoms with Crippen molar-refractivity contribution in [3.05, 3.63) is 17.7 Å². The number of carbonyl (C=O) groups is 1. The molecule has 0 radical (unpaired) electrons. The van der Waals surface area contributed by atoms with Crippen LogP contribution in [-0.2, 0) is 11.3 Å². The molecule has 2 rings (SSSR count). The van der Waals surface area contributed by atoms with Gasteiger partial charge in [0.05, 0.1) is 27.9 Å². The quantitative estimate of drug-likeness (QED) is 0.236. The van der Waals surface area contributed by atoms with Crippen molar-refractivity contribution in [3.63, 3.8) is 0 Å². The second-order valence-corrected chi connectivity index (χ2v) is 7.31. The molecule has 176 valence electrons. The van der Waals surface area contributed by atoms with Crippen molar-refractivity contribution in [2.45, 2.75) is 58.0 Å². The maximum Gasteiger partial charge on any atom is 0.221 e. The summed E-state index contributed by atoms with van der Waals surface area (Å²) >= 11 is 0. The Morgan fingerprint density at radius 1 is 1.03 bits per heavy atom. The molecule has 0 bridgehead atoms. The highest BCUT2D eigenvalue weighted by Gasteiger charge is 2.16. The molecule has 0 aliphatic heterocycles. The lowest BCUT2D eigenvalue weighted by Crippen LogP contribution is -2.41. The number of nitrogens with zero attached hydrogens (tertiary/aromatic N) is 1. The molecule has 9 heteroatoms. The van der Waals surface area contributed by atoms with Gasteiger partial charge in [0.1, 0.15) is 0 Å². The third-order valence-electron chi connectivity index (χ3n) is 5.10. The number of rotatable bonds is 10. The maximum absolute atomic E-state index is 12.2. The van der Waals surface area contributed by atoms with Gasteiger partial charge in [-0.1, -0.05) is 19.3 Å². The molecule has 1 fully saturated rings. The molecule has 0 atom stereocenters. The highest BCUT2D eigenvalue weighted by atomic mass is 127. The van der Waals surface area contributed by atoms with E-state index in [0.717, 1.165) is 24.9 Å². The van der Waals surface area contributed by atoms with Gasteiger partial charge in [0.2, 0.25) is 11.7 Å². The minimum absolute atomic E-state index is 0. The largest absolute Gasteiger partial charge is 0.493 e. The van der Waals surface area contributed by atoms with Crippen LogP contribution >= 0.6 is 24.0 Å². The fraction of sp³-hybridized carbons (Fsp3) is 0.636. The van der Waals surface area contributed by atoms with Gasteiger partial charge < -0.3 is 30.2 Å².